The van der Waals surface area contributed by atoms with Gasteiger partial charge >= 0.3 is 11.9 Å². The van der Waals surface area contributed by atoms with Gasteiger partial charge < -0.3 is 9.47 Å². The predicted octanol–water partition coefficient (Wildman–Crippen LogP) is 4.35. The van der Waals surface area contributed by atoms with Gasteiger partial charge in [0.1, 0.15) is 6.61 Å². The van der Waals surface area contributed by atoms with E-state index in [0.717, 1.165) is 9.75 Å². The van der Waals surface area contributed by atoms with Crippen LogP contribution < -0.4 is 0 Å². The monoisotopic (exact) mass is 376 g/mol. The minimum absolute atomic E-state index is 0.0543. The summed E-state index contributed by atoms with van der Waals surface area (Å²) in [5.41, 5.74) is 0. The van der Waals surface area contributed by atoms with Crippen LogP contribution in [0, 0.1) is 17.8 Å². The smallest absolute Gasteiger partial charge is 0.306 e. The Morgan fingerprint density at radius 3 is 2.64 bits per heavy atom. The normalized spacial score (nSPS) is 11.5. The van der Waals surface area contributed by atoms with Gasteiger partial charge in [0.2, 0.25) is 0 Å². The molecule has 0 aromatic carbocycles. The number of carbonyl (C=O) groups is 2. The van der Waals surface area contributed by atoms with Crippen LogP contribution in [0.4, 0.5) is 0 Å². The van der Waals surface area contributed by atoms with E-state index >= 15 is 0 Å². The summed E-state index contributed by atoms with van der Waals surface area (Å²) < 4.78 is 10.3. The molecule has 0 amide bonds. The van der Waals surface area contributed by atoms with Crippen LogP contribution in [0.5, 0.6) is 0 Å². The van der Waals surface area contributed by atoms with Gasteiger partial charge in [0, 0.05) is 23.1 Å². The van der Waals surface area contributed by atoms with Crippen molar-refractivity contribution in [3.8, 4) is 21.6 Å². The second-order valence-corrected chi connectivity index (χ2v) is 7.82. The van der Waals surface area contributed by atoms with Crippen molar-refractivity contribution >= 4 is 34.6 Å². The van der Waals surface area contributed by atoms with Gasteiger partial charge in [-0.3, -0.25) is 9.59 Å². The highest BCUT2D eigenvalue weighted by molar-refractivity contribution is 7.21. The molecule has 0 spiro atoms. The zero-order valence-electron chi connectivity index (χ0n) is 14.4. The summed E-state index contributed by atoms with van der Waals surface area (Å²) >= 11 is 3.25. The van der Waals surface area contributed by atoms with Crippen molar-refractivity contribution in [1.29, 1.82) is 0 Å². The highest BCUT2D eigenvalue weighted by Crippen LogP contribution is 2.31. The van der Waals surface area contributed by atoms with Crippen LogP contribution in [0.1, 0.15) is 32.1 Å². The number of esters is 2. The average molecular weight is 376 g/mol. The van der Waals surface area contributed by atoms with Crippen molar-refractivity contribution in [1.82, 2.24) is 0 Å². The molecule has 0 aliphatic rings. The van der Waals surface area contributed by atoms with Gasteiger partial charge in [-0.05, 0) is 35.4 Å². The lowest BCUT2D eigenvalue weighted by atomic mass is 10.1. The van der Waals surface area contributed by atoms with Gasteiger partial charge in [-0.25, -0.2) is 0 Å². The number of thiophene rings is 2. The summed E-state index contributed by atoms with van der Waals surface area (Å²) in [5, 5.41) is 2.03. The zero-order chi connectivity index (χ0) is 18.2. The molecule has 2 aromatic heterocycles. The van der Waals surface area contributed by atoms with E-state index in [0.29, 0.717) is 6.42 Å². The van der Waals surface area contributed by atoms with Crippen LogP contribution in [-0.4, -0.2) is 24.6 Å². The largest absolute Gasteiger partial charge is 0.461 e. The Kier molecular flexibility index (Phi) is 7.23. The maximum atomic E-state index is 11.6. The maximum absolute atomic E-state index is 11.6. The van der Waals surface area contributed by atoms with E-state index in [1.807, 2.05) is 37.4 Å². The number of carbonyl (C=O) groups excluding carboxylic acids is 2. The molecule has 0 radical (unpaired) electrons. The van der Waals surface area contributed by atoms with Crippen LogP contribution in [-0.2, 0) is 19.1 Å². The van der Waals surface area contributed by atoms with E-state index in [4.69, 9.17) is 9.47 Å². The van der Waals surface area contributed by atoms with Crippen LogP contribution in [0.15, 0.2) is 29.6 Å². The maximum Gasteiger partial charge on any atom is 0.306 e. The lowest BCUT2D eigenvalue weighted by Crippen LogP contribution is -2.23. The predicted molar refractivity (Wildman–Crippen MR) is 100 cm³/mol. The van der Waals surface area contributed by atoms with E-state index in [2.05, 4.69) is 17.9 Å². The minimum atomic E-state index is -0.763. The summed E-state index contributed by atoms with van der Waals surface area (Å²) in [6, 6.07) is 8.02. The van der Waals surface area contributed by atoms with Gasteiger partial charge in [0.25, 0.3) is 0 Å². The molecule has 25 heavy (non-hydrogen) atoms. The molecule has 0 fully saturated rings. The van der Waals surface area contributed by atoms with Gasteiger partial charge in [-0.1, -0.05) is 25.8 Å². The number of rotatable bonds is 6. The van der Waals surface area contributed by atoms with Crippen molar-refractivity contribution < 1.29 is 19.1 Å². The fourth-order valence-corrected chi connectivity index (χ4v) is 3.68. The average Bonchev–Trinajstić information content (AvgIpc) is 3.19. The fraction of sp³-hybridized carbons (Fsp3) is 0.368. The lowest BCUT2D eigenvalue weighted by Gasteiger charge is -2.12. The molecule has 2 heterocycles. The van der Waals surface area contributed by atoms with Gasteiger partial charge in [0.15, 0.2) is 6.10 Å². The zero-order valence-corrected chi connectivity index (χ0v) is 16.0. The number of hydrogen-bond acceptors (Lipinski definition) is 6. The van der Waals surface area contributed by atoms with Crippen LogP contribution in [0.25, 0.3) is 9.75 Å². The first-order valence-corrected chi connectivity index (χ1v) is 9.61. The van der Waals surface area contributed by atoms with Crippen molar-refractivity contribution in [3.05, 3.63) is 34.5 Å². The molecule has 2 aromatic rings. The number of hydrogen-bond donors (Lipinski definition) is 0. The molecule has 2 rings (SSSR count). The first-order chi connectivity index (χ1) is 11.9. The fourth-order valence-electron chi connectivity index (χ4n) is 1.97. The molecule has 0 bridgehead atoms. The molecule has 0 unspecified atom stereocenters. The molecular weight excluding hydrogens is 356 g/mol. The quantitative estimate of drug-likeness (QED) is 0.556. The molecule has 0 N–H and O–H groups in total. The number of ether oxygens (including phenoxy) is 2. The third kappa shape index (κ3) is 6.73. The van der Waals surface area contributed by atoms with Crippen LogP contribution in [0.3, 0.4) is 0 Å². The van der Waals surface area contributed by atoms with Crippen LogP contribution >= 0.6 is 22.7 Å². The van der Waals surface area contributed by atoms with Gasteiger partial charge in [-0.2, -0.15) is 0 Å². The topological polar surface area (TPSA) is 52.6 Å². The van der Waals surface area contributed by atoms with Crippen LogP contribution in [0.2, 0.25) is 0 Å². The van der Waals surface area contributed by atoms with Gasteiger partial charge in [-0.15, -0.1) is 22.7 Å². The summed E-state index contributed by atoms with van der Waals surface area (Å²) in [7, 11) is 0. The summed E-state index contributed by atoms with van der Waals surface area (Å²) in [6.07, 6.45) is -0.434. The summed E-state index contributed by atoms with van der Waals surface area (Å²) in [6.45, 7) is 5.13. The highest BCUT2D eigenvalue weighted by atomic mass is 32.1. The summed E-state index contributed by atoms with van der Waals surface area (Å²) in [4.78, 5) is 26.1. The summed E-state index contributed by atoms with van der Waals surface area (Å²) in [5.74, 6) is 5.33. The molecule has 0 aliphatic carbocycles. The Bertz CT molecular complexity index is 763. The van der Waals surface area contributed by atoms with Crippen molar-refractivity contribution in [2.75, 3.05) is 6.61 Å². The third-order valence-electron chi connectivity index (χ3n) is 3.01. The van der Waals surface area contributed by atoms with E-state index in [-0.39, 0.29) is 18.5 Å². The molecule has 1 atom stereocenters. The standard InChI is InChI=1S/C19H20O4S2/c1-13(2)11-19(21)22-12-15(23-14(3)20)6-7-16-8-9-18(25-16)17-5-4-10-24-17/h4-5,8-10,13,15H,11-12H2,1-3H3/t15-/m1/s1. The van der Waals surface area contributed by atoms with E-state index in [1.165, 1.54) is 11.8 Å². The molecular formula is C19H20O4S2. The Labute approximate surface area is 155 Å². The second kappa shape index (κ2) is 9.40. The van der Waals surface area contributed by atoms with Crippen molar-refractivity contribution in [2.45, 2.75) is 33.3 Å². The Morgan fingerprint density at radius 2 is 2.00 bits per heavy atom. The molecule has 0 saturated heterocycles. The van der Waals surface area contributed by atoms with E-state index < -0.39 is 12.1 Å². The van der Waals surface area contributed by atoms with Gasteiger partial charge in [0.05, 0.1) is 4.88 Å². The first-order valence-electron chi connectivity index (χ1n) is 7.92. The van der Waals surface area contributed by atoms with Crippen molar-refractivity contribution in [2.24, 2.45) is 5.92 Å². The molecule has 132 valence electrons. The van der Waals surface area contributed by atoms with Crippen molar-refractivity contribution in [3.63, 3.8) is 0 Å². The SMILES string of the molecule is CC(=O)O[C@H](C#Cc1ccc(-c2cccs2)s1)COC(=O)CC(C)C. The lowest BCUT2D eigenvalue weighted by molar-refractivity contribution is -0.154. The van der Waals surface area contributed by atoms with E-state index in [1.54, 1.807) is 22.7 Å². The highest BCUT2D eigenvalue weighted by Gasteiger charge is 2.13. The second-order valence-electron chi connectivity index (χ2n) is 5.79. The molecule has 0 saturated carbocycles. The van der Waals surface area contributed by atoms with E-state index in [9.17, 15) is 9.59 Å². The third-order valence-corrected chi connectivity index (χ3v) is 5.07. The Balaban J connectivity index is 2.01. The Hall–Kier alpha value is -2.10. The molecule has 6 heteroatoms. The first kappa shape index (κ1) is 19.2. The Morgan fingerprint density at radius 1 is 1.20 bits per heavy atom. The minimum Gasteiger partial charge on any atom is -0.461 e. The molecule has 4 nitrogen and oxygen atoms in total. The molecule has 0 aliphatic heterocycles.